The number of unbranched alkanes of at least 4 members (excludes halogenated alkanes) is 1. The van der Waals surface area contributed by atoms with Gasteiger partial charge in [0.2, 0.25) is 11.8 Å². The average molecular weight is 539 g/mol. The molecular formula is C32H34N4O4. The summed E-state index contributed by atoms with van der Waals surface area (Å²) in [6.07, 6.45) is 3.23. The minimum atomic E-state index is -1.03. The van der Waals surface area contributed by atoms with E-state index >= 15 is 0 Å². The van der Waals surface area contributed by atoms with Crippen LogP contribution in [0.25, 0.3) is 21.9 Å². The molecule has 0 radical (unpaired) electrons. The second-order valence-electron chi connectivity index (χ2n) is 9.78. The van der Waals surface area contributed by atoms with Gasteiger partial charge in [-0.1, -0.05) is 60.7 Å². The number of anilines is 1. The minimum Gasteiger partial charge on any atom is -0.481 e. The Morgan fingerprint density at radius 2 is 1.60 bits per heavy atom. The molecule has 3 aromatic carbocycles. The molecule has 0 fully saturated rings. The molecule has 0 spiro atoms. The van der Waals surface area contributed by atoms with Gasteiger partial charge in [-0.2, -0.15) is 0 Å². The standard InChI is InChI=1S/C32H34N4O4/c1-22-15-17-34-29(18-22)33-16-5-4-8-30(37)35-21-31(38)36-28(20-32(39)40)25-12-9-24(10-13-25)27-14-11-23-6-2-3-7-26(23)19-27/h2-3,6-7,9-15,17-19,28H,4-5,8,16,20-21H2,1H3,(H,33,34)(H,35,37)(H,36,38)(H,39,40). The van der Waals surface area contributed by atoms with E-state index in [0.717, 1.165) is 39.7 Å². The average Bonchev–Trinajstić information content (AvgIpc) is 2.95. The van der Waals surface area contributed by atoms with Crippen LogP contribution in [0.15, 0.2) is 85.1 Å². The van der Waals surface area contributed by atoms with Crippen LogP contribution in [-0.2, 0) is 14.4 Å². The molecule has 0 saturated carbocycles. The Balaban J connectivity index is 1.25. The molecule has 1 unspecified atom stereocenters. The summed E-state index contributed by atoms with van der Waals surface area (Å²) in [4.78, 5) is 40.5. The largest absolute Gasteiger partial charge is 0.481 e. The van der Waals surface area contributed by atoms with Crippen molar-refractivity contribution in [1.29, 1.82) is 0 Å². The zero-order valence-corrected chi connectivity index (χ0v) is 22.5. The van der Waals surface area contributed by atoms with Gasteiger partial charge in [-0.15, -0.1) is 0 Å². The maximum atomic E-state index is 12.6. The second kappa shape index (κ2) is 13.9. The van der Waals surface area contributed by atoms with Gasteiger partial charge in [0, 0.05) is 19.2 Å². The van der Waals surface area contributed by atoms with Crippen LogP contribution < -0.4 is 16.0 Å². The van der Waals surface area contributed by atoms with Crippen LogP contribution >= 0.6 is 0 Å². The lowest BCUT2D eigenvalue weighted by Gasteiger charge is -2.18. The summed E-state index contributed by atoms with van der Waals surface area (Å²) in [6.45, 7) is 2.48. The summed E-state index contributed by atoms with van der Waals surface area (Å²) < 4.78 is 0. The number of amides is 2. The quantitative estimate of drug-likeness (QED) is 0.173. The number of aromatic nitrogens is 1. The van der Waals surface area contributed by atoms with E-state index in [1.165, 1.54) is 0 Å². The molecule has 8 nitrogen and oxygen atoms in total. The number of carbonyl (C=O) groups is 3. The first-order valence-electron chi connectivity index (χ1n) is 13.4. The number of carbonyl (C=O) groups excluding carboxylic acids is 2. The number of fused-ring (bicyclic) bond motifs is 1. The molecule has 8 heteroatoms. The predicted octanol–water partition coefficient (Wildman–Crippen LogP) is 5.24. The van der Waals surface area contributed by atoms with E-state index in [9.17, 15) is 19.5 Å². The Morgan fingerprint density at radius 3 is 2.35 bits per heavy atom. The normalized spacial score (nSPS) is 11.5. The number of nitrogens with one attached hydrogen (secondary N) is 3. The Morgan fingerprint density at radius 1 is 0.850 bits per heavy atom. The maximum Gasteiger partial charge on any atom is 0.305 e. The van der Waals surface area contributed by atoms with Gasteiger partial charge in [-0.05, 0) is 71.0 Å². The molecule has 0 aliphatic heterocycles. The van der Waals surface area contributed by atoms with Gasteiger partial charge in [-0.25, -0.2) is 4.98 Å². The van der Waals surface area contributed by atoms with Crippen LogP contribution in [0.5, 0.6) is 0 Å². The molecule has 1 aromatic heterocycles. The fourth-order valence-corrected chi connectivity index (χ4v) is 4.48. The maximum absolute atomic E-state index is 12.6. The second-order valence-corrected chi connectivity index (χ2v) is 9.78. The number of hydrogen-bond acceptors (Lipinski definition) is 5. The zero-order chi connectivity index (χ0) is 28.3. The van der Waals surface area contributed by atoms with Crippen molar-refractivity contribution < 1.29 is 19.5 Å². The van der Waals surface area contributed by atoms with Crippen molar-refractivity contribution in [3.8, 4) is 11.1 Å². The molecule has 206 valence electrons. The first-order chi connectivity index (χ1) is 19.4. The topological polar surface area (TPSA) is 120 Å². The third-order valence-corrected chi connectivity index (χ3v) is 6.61. The van der Waals surface area contributed by atoms with Crippen LogP contribution in [0.4, 0.5) is 5.82 Å². The van der Waals surface area contributed by atoms with Gasteiger partial charge in [0.25, 0.3) is 0 Å². The Hall–Kier alpha value is -4.72. The van der Waals surface area contributed by atoms with E-state index < -0.39 is 17.9 Å². The van der Waals surface area contributed by atoms with Crippen molar-refractivity contribution in [2.24, 2.45) is 0 Å². The first-order valence-corrected chi connectivity index (χ1v) is 13.4. The number of rotatable bonds is 13. The van der Waals surface area contributed by atoms with Gasteiger partial charge in [0.15, 0.2) is 0 Å². The van der Waals surface area contributed by atoms with Gasteiger partial charge < -0.3 is 21.1 Å². The molecular weight excluding hydrogens is 504 g/mol. The van der Waals surface area contributed by atoms with Gasteiger partial charge in [-0.3, -0.25) is 14.4 Å². The summed E-state index contributed by atoms with van der Waals surface area (Å²) >= 11 is 0. The Kier molecular flexibility index (Phi) is 9.83. The number of aryl methyl sites for hydroxylation is 1. The molecule has 0 aliphatic carbocycles. The third kappa shape index (κ3) is 8.39. The van der Waals surface area contributed by atoms with E-state index in [2.05, 4.69) is 45.2 Å². The van der Waals surface area contributed by atoms with Crippen molar-refractivity contribution in [2.75, 3.05) is 18.4 Å². The molecule has 1 atom stereocenters. The van der Waals surface area contributed by atoms with Gasteiger partial charge >= 0.3 is 5.97 Å². The number of benzene rings is 3. The van der Waals surface area contributed by atoms with Crippen molar-refractivity contribution in [3.05, 3.63) is 96.2 Å². The zero-order valence-electron chi connectivity index (χ0n) is 22.5. The smallest absolute Gasteiger partial charge is 0.305 e. The first kappa shape index (κ1) is 28.3. The lowest BCUT2D eigenvalue weighted by Crippen LogP contribution is -2.39. The lowest BCUT2D eigenvalue weighted by molar-refractivity contribution is -0.138. The Labute approximate surface area is 233 Å². The highest BCUT2D eigenvalue weighted by molar-refractivity contribution is 5.87. The predicted molar refractivity (Wildman–Crippen MR) is 157 cm³/mol. The molecule has 40 heavy (non-hydrogen) atoms. The highest BCUT2D eigenvalue weighted by atomic mass is 16.4. The SMILES string of the molecule is Cc1ccnc(NCCCCC(=O)NCC(=O)NC(CC(=O)O)c2ccc(-c3ccc4ccccc4c3)cc2)c1. The number of nitrogens with zero attached hydrogens (tertiary/aromatic N) is 1. The summed E-state index contributed by atoms with van der Waals surface area (Å²) in [5.74, 6) is -0.883. The van der Waals surface area contributed by atoms with Crippen LogP contribution in [0.3, 0.4) is 0 Å². The number of pyridine rings is 1. The van der Waals surface area contributed by atoms with E-state index in [1.54, 1.807) is 6.20 Å². The van der Waals surface area contributed by atoms with Crippen LogP contribution in [0.2, 0.25) is 0 Å². The van der Waals surface area contributed by atoms with Gasteiger partial charge in [0.05, 0.1) is 19.0 Å². The van der Waals surface area contributed by atoms with Crippen LogP contribution in [-0.4, -0.2) is 41.0 Å². The summed E-state index contributed by atoms with van der Waals surface area (Å²) in [7, 11) is 0. The number of aliphatic carboxylic acids is 1. The third-order valence-electron chi connectivity index (χ3n) is 6.61. The summed E-state index contributed by atoms with van der Waals surface area (Å²) in [6, 6.07) is 25.0. The van der Waals surface area contributed by atoms with Crippen LogP contribution in [0.1, 0.15) is 42.9 Å². The van der Waals surface area contributed by atoms with Crippen molar-refractivity contribution in [3.63, 3.8) is 0 Å². The molecule has 4 N–H and O–H groups in total. The molecule has 4 aromatic rings. The van der Waals surface area contributed by atoms with E-state index in [0.29, 0.717) is 24.9 Å². The highest BCUT2D eigenvalue weighted by Crippen LogP contribution is 2.26. The molecule has 4 rings (SSSR count). The van der Waals surface area contributed by atoms with Crippen molar-refractivity contribution in [1.82, 2.24) is 15.6 Å². The van der Waals surface area contributed by atoms with E-state index in [-0.39, 0.29) is 18.9 Å². The van der Waals surface area contributed by atoms with Gasteiger partial charge in [0.1, 0.15) is 5.82 Å². The fourth-order valence-electron chi connectivity index (χ4n) is 4.48. The minimum absolute atomic E-state index is 0.213. The number of hydrogen-bond donors (Lipinski definition) is 4. The van der Waals surface area contributed by atoms with E-state index in [1.807, 2.05) is 61.5 Å². The lowest BCUT2D eigenvalue weighted by atomic mass is 9.97. The number of carboxylic acids is 1. The van der Waals surface area contributed by atoms with Crippen molar-refractivity contribution in [2.45, 2.75) is 38.6 Å². The van der Waals surface area contributed by atoms with Crippen LogP contribution in [0, 0.1) is 6.92 Å². The van der Waals surface area contributed by atoms with E-state index in [4.69, 9.17) is 0 Å². The molecule has 0 saturated heterocycles. The highest BCUT2D eigenvalue weighted by Gasteiger charge is 2.18. The molecule has 0 bridgehead atoms. The monoisotopic (exact) mass is 538 g/mol. The van der Waals surface area contributed by atoms with Crippen molar-refractivity contribution >= 4 is 34.4 Å². The molecule has 0 aliphatic rings. The fraction of sp³-hybridized carbons (Fsp3) is 0.250. The molecule has 2 amide bonds. The Bertz CT molecular complexity index is 1470. The molecule has 1 heterocycles. The summed E-state index contributed by atoms with van der Waals surface area (Å²) in [5.41, 5.74) is 3.85. The number of carboxylic acid groups (broad SMARTS) is 1. The summed E-state index contributed by atoms with van der Waals surface area (Å²) in [5, 5.41) is 20.3.